The molecule has 3 heteroatoms. The molecule has 0 saturated heterocycles. The number of hydrogen-bond acceptors (Lipinski definition) is 2. The molecule has 0 spiro atoms. The SMILES string of the molecule is Cc1ccc(SCc2ccc(C(=O)NCC3=CCCCC3)cc2)cc1. The smallest absolute Gasteiger partial charge is 0.251 e. The predicted molar refractivity (Wildman–Crippen MR) is 106 cm³/mol. The van der Waals surface area contributed by atoms with Crippen LogP contribution in [0.3, 0.4) is 0 Å². The fraction of sp³-hybridized carbons (Fsp3) is 0.318. The summed E-state index contributed by atoms with van der Waals surface area (Å²) in [4.78, 5) is 13.5. The number of amides is 1. The summed E-state index contributed by atoms with van der Waals surface area (Å²) in [6.07, 6.45) is 7.07. The second kappa shape index (κ2) is 8.91. The van der Waals surface area contributed by atoms with Crippen LogP contribution in [-0.4, -0.2) is 12.5 Å². The third-order valence-corrected chi connectivity index (χ3v) is 5.59. The maximum absolute atomic E-state index is 12.3. The summed E-state index contributed by atoms with van der Waals surface area (Å²) in [5.41, 5.74) is 4.62. The maximum atomic E-state index is 12.3. The summed E-state index contributed by atoms with van der Waals surface area (Å²) in [5.74, 6) is 0.932. The second-order valence-electron chi connectivity index (χ2n) is 6.59. The molecule has 0 radical (unpaired) electrons. The highest BCUT2D eigenvalue weighted by Crippen LogP contribution is 2.23. The van der Waals surface area contributed by atoms with E-state index in [1.165, 1.54) is 34.4 Å². The topological polar surface area (TPSA) is 29.1 Å². The van der Waals surface area contributed by atoms with Gasteiger partial charge >= 0.3 is 0 Å². The zero-order chi connectivity index (χ0) is 17.5. The Labute approximate surface area is 154 Å². The summed E-state index contributed by atoms with van der Waals surface area (Å²) in [5, 5.41) is 3.04. The molecule has 2 aromatic carbocycles. The highest BCUT2D eigenvalue weighted by Gasteiger charge is 2.08. The lowest BCUT2D eigenvalue weighted by atomic mass is 9.99. The molecule has 0 fully saturated rings. The first-order valence-corrected chi connectivity index (χ1v) is 9.94. The first kappa shape index (κ1) is 17.8. The molecule has 1 aliphatic carbocycles. The number of allylic oxidation sites excluding steroid dienone is 1. The summed E-state index contributed by atoms with van der Waals surface area (Å²) in [7, 11) is 0. The Hall–Kier alpha value is -2.00. The van der Waals surface area contributed by atoms with Gasteiger partial charge < -0.3 is 5.32 Å². The lowest BCUT2D eigenvalue weighted by molar-refractivity contribution is 0.0956. The van der Waals surface area contributed by atoms with Crippen molar-refractivity contribution < 1.29 is 4.79 Å². The van der Waals surface area contributed by atoms with Crippen LogP contribution in [0, 0.1) is 6.92 Å². The van der Waals surface area contributed by atoms with Crippen molar-refractivity contribution in [3.05, 3.63) is 76.9 Å². The first-order chi connectivity index (χ1) is 12.2. The van der Waals surface area contributed by atoms with Crippen LogP contribution in [-0.2, 0) is 5.75 Å². The van der Waals surface area contributed by atoms with E-state index in [1.807, 2.05) is 23.9 Å². The van der Waals surface area contributed by atoms with Gasteiger partial charge in [0, 0.05) is 22.8 Å². The minimum absolute atomic E-state index is 0.0178. The number of carbonyl (C=O) groups excluding carboxylic acids is 1. The Morgan fingerprint density at radius 2 is 1.80 bits per heavy atom. The van der Waals surface area contributed by atoms with Gasteiger partial charge in [0.2, 0.25) is 0 Å². The molecule has 0 saturated carbocycles. The molecule has 1 amide bonds. The molecule has 0 atom stereocenters. The molecular formula is C22H25NOS. The van der Waals surface area contributed by atoms with Gasteiger partial charge in [0.15, 0.2) is 0 Å². The number of thioether (sulfide) groups is 1. The lowest BCUT2D eigenvalue weighted by Gasteiger charge is -2.13. The van der Waals surface area contributed by atoms with Crippen LogP contribution in [0.15, 0.2) is 65.1 Å². The van der Waals surface area contributed by atoms with Gasteiger partial charge in [0.1, 0.15) is 0 Å². The van der Waals surface area contributed by atoms with Crippen molar-refractivity contribution in [2.75, 3.05) is 6.54 Å². The minimum atomic E-state index is 0.0178. The Balaban J connectivity index is 1.49. The molecule has 1 N–H and O–H groups in total. The Morgan fingerprint density at radius 3 is 2.48 bits per heavy atom. The molecule has 0 aliphatic heterocycles. The van der Waals surface area contributed by atoms with Gasteiger partial charge in [0.25, 0.3) is 5.91 Å². The van der Waals surface area contributed by atoms with E-state index >= 15 is 0 Å². The van der Waals surface area contributed by atoms with Crippen LogP contribution in [0.25, 0.3) is 0 Å². The van der Waals surface area contributed by atoms with Crippen molar-refractivity contribution in [1.29, 1.82) is 0 Å². The van der Waals surface area contributed by atoms with Gasteiger partial charge in [-0.1, -0.05) is 41.5 Å². The number of hydrogen-bond donors (Lipinski definition) is 1. The third kappa shape index (κ3) is 5.50. The molecule has 0 heterocycles. The minimum Gasteiger partial charge on any atom is -0.348 e. The van der Waals surface area contributed by atoms with Gasteiger partial charge in [-0.2, -0.15) is 0 Å². The van der Waals surface area contributed by atoms with Crippen LogP contribution in [0.1, 0.15) is 47.2 Å². The van der Waals surface area contributed by atoms with E-state index in [4.69, 9.17) is 0 Å². The number of aryl methyl sites for hydroxylation is 1. The van der Waals surface area contributed by atoms with Crippen LogP contribution >= 0.6 is 11.8 Å². The van der Waals surface area contributed by atoms with E-state index in [0.717, 1.165) is 24.2 Å². The first-order valence-electron chi connectivity index (χ1n) is 8.95. The highest BCUT2D eigenvalue weighted by molar-refractivity contribution is 7.98. The molecule has 2 aromatic rings. The Morgan fingerprint density at radius 1 is 1.04 bits per heavy atom. The van der Waals surface area contributed by atoms with Crippen molar-refractivity contribution in [1.82, 2.24) is 5.32 Å². The van der Waals surface area contributed by atoms with E-state index < -0.39 is 0 Å². The van der Waals surface area contributed by atoms with E-state index in [2.05, 4.69) is 54.7 Å². The van der Waals surface area contributed by atoms with Crippen molar-refractivity contribution in [2.24, 2.45) is 0 Å². The average Bonchev–Trinajstić information content (AvgIpc) is 2.67. The van der Waals surface area contributed by atoms with E-state index in [1.54, 1.807) is 0 Å². The summed E-state index contributed by atoms with van der Waals surface area (Å²) < 4.78 is 0. The Bertz CT molecular complexity index is 732. The lowest BCUT2D eigenvalue weighted by Crippen LogP contribution is -2.26. The maximum Gasteiger partial charge on any atom is 0.251 e. The van der Waals surface area contributed by atoms with E-state index in [0.29, 0.717) is 6.54 Å². The quantitative estimate of drug-likeness (QED) is 0.548. The van der Waals surface area contributed by atoms with Crippen molar-refractivity contribution >= 4 is 17.7 Å². The largest absolute Gasteiger partial charge is 0.348 e. The number of rotatable bonds is 6. The molecule has 25 heavy (non-hydrogen) atoms. The van der Waals surface area contributed by atoms with Crippen molar-refractivity contribution in [2.45, 2.75) is 43.3 Å². The fourth-order valence-electron chi connectivity index (χ4n) is 2.91. The number of nitrogens with one attached hydrogen (secondary N) is 1. The molecule has 0 unspecified atom stereocenters. The van der Waals surface area contributed by atoms with Gasteiger partial charge in [-0.25, -0.2) is 0 Å². The molecule has 0 aromatic heterocycles. The summed E-state index contributed by atoms with van der Waals surface area (Å²) in [6.45, 7) is 2.78. The van der Waals surface area contributed by atoms with Gasteiger partial charge in [-0.05, 0) is 62.4 Å². The average molecular weight is 352 g/mol. The van der Waals surface area contributed by atoms with Crippen LogP contribution in [0.5, 0.6) is 0 Å². The highest BCUT2D eigenvalue weighted by atomic mass is 32.2. The number of benzene rings is 2. The van der Waals surface area contributed by atoms with Crippen LogP contribution in [0.2, 0.25) is 0 Å². The predicted octanol–water partition coefficient (Wildman–Crippen LogP) is 5.52. The van der Waals surface area contributed by atoms with Gasteiger partial charge in [-0.3, -0.25) is 4.79 Å². The standard InChI is InChI=1S/C22H25NOS/c1-17-7-13-21(14-8-17)25-16-19-9-11-20(12-10-19)22(24)23-15-18-5-3-2-4-6-18/h5,7-14H,2-4,6,15-16H2,1H3,(H,23,24). The zero-order valence-corrected chi connectivity index (χ0v) is 15.6. The molecule has 2 nitrogen and oxygen atoms in total. The van der Waals surface area contributed by atoms with Crippen molar-refractivity contribution in [3.8, 4) is 0 Å². The third-order valence-electron chi connectivity index (χ3n) is 4.50. The molecule has 0 bridgehead atoms. The van der Waals surface area contributed by atoms with E-state index in [9.17, 15) is 4.79 Å². The zero-order valence-electron chi connectivity index (χ0n) is 14.8. The van der Waals surface area contributed by atoms with Gasteiger partial charge in [0.05, 0.1) is 0 Å². The number of carbonyl (C=O) groups is 1. The fourth-order valence-corrected chi connectivity index (χ4v) is 3.77. The molecular weight excluding hydrogens is 326 g/mol. The summed E-state index contributed by atoms with van der Waals surface area (Å²) >= 11 is 1.82. The Kier molecular flexibility index (Phi) is 6.35. The second-order valence-corrected chi connectivity index (χ2v) is 7.64. The monoisotopic (exact) mass is 351 g/mol. The van der Waals surface area contributed by atoms with Crippen molar-refractivity contribution in [3.63, 3.8) is 0 Å². The van der Waals surface area contributed by atoms with E-state index in [-0.39, 0.29) is 5.91 Å². The molecule has 3 rings (SSSR count). The van der Waals surface area contributed by atoms with Crippen LogP contribution < -0.4 is 5.32 Å². The molecule has 1 aliphatic rings. The summed E-state index contributed by atoms with van der Waals surface area (Å²) in [6, 6.07) is 16.5. The normalized spacial score (nSPS) is 14.0. The van der Waals surface area contributed by atoms with Crippen LogP contribution in [0.4, 0.5) is 0 Å². The molecule has 130 valence electrons. The van der Waals surface area contributed by atoms with Gasteiger partial charge in [-0.15, -0.1) is 11.8 Å².